The number of nitrogens with one attached hydrogen (secondary N) is 2. The highest BCUT2D eigenvalue weighted by Crippen LogP contribution is 2.20. The summed E-state index contributed by atoms with van der Waals surface area (Å²) < 4.78 is 14.5. The molecule has 0 radical (unpaired) electrons. The second-order valence-electron chi connectivity index (χ2n) is 6.63. The molecule has 0 saturated heterocycles. The predicted octanol–water partition coefficient (Wildman–Crippen LogP) is 3.89. The third-order valence-corrected chi connectivity index (χ3v) is 4.63. The summed E-state index contributed by atoms with van der Waals surface area (Å²) in [5.74, 6) is -1.40. The van der Waals surface area contributed by atoms with Gasteiger partial charge in [-0.2, -0.15) is 0 Å². The van der Waals surface area contributed by atoms with Gasteiger partial charge in [0.1, 0.15) is 12.4 Å². The highest BCUT2D eigenvalue weighted by Gasteiger charge is 2.19. The number of aryl methyl sites for hydroxylation is 2. The van der Waals surface area contributed by atoms with Crippen molar-refractivity contribution in [2.45, 2.75) is 27.3 Å². The summed E-state index contributed by atoms with van der Waals surface area (Å²) in [6.07, 6.45) is 0. The maximum atomic E-state index is 13.2. The lowest BCUT2D eigenvalue weighted by Gasteiger charge is -2.09. The standard InChI is InChI=1S/C20H19ClFN5O2/c1-11-4-5-12(2)17(8-11)24-20(29)19-13(3)27(26-25-19)10-18(28)23-14-6-7-16(22)15(21)9-14/h4-9H,10H2,1-3H3,(H,23,28)(H,24,29). The van der Waals surface area contributed by atoms with E-state index in [4.69, 9.17) is 11.6 Å². The molecule has 0 aliphatic rings. The Kier molecular flexibility index (Phi) is 5.93. The Bertz CT molecular complexity index is 1100. The van der Waals surface area contributed by atoms with E-state index >= 15 is 0 Å². The van der Waals surface area contributed by atoms with Crippen molar-refractivity contribution in [3.05, 3.63) is 69.8 Å². The molecule has 0 spiro atoms. The molecule has 9 heteroatoms. The zero-order valence-electron chi connectivity index (χ0n) is 16.1. The molecule has 0 saturated carbocycles. The van der Waals surface area contributed by atoms with Crippen molar-refractivity contribution >= 4 is 34.8 Å². The van der Waals surface area contributed by atoms with Gasteiger partial charge in [-0.3, -0.25) is 9.59 Å². The van der Waals surface area contributed by atoms with E-state index in [2.05, 4.69) is 20.9 Å². The molecule has 2 N–H and O–H groups in total. The van der Waals surface area contributed by atoms with Crippen LogP contribution >= 0.6 is 11.6 Å². The minimum Gasteiger partial charge on any atom is -0.324 e. The van der Waals surface area contributed by atoms with E-state index in [1.54, 1.807) is 6.92 Å². The summed E-state index contributed by atoms with van der Waals surface area (Å²) >= 11 is 5.71. The molecule has 3 rings (SSSR count). The molecule has 29 heavy (non-hydrogen) atoms. The van der Waals surface area contributed by atoms with E-state index in [-0.39, 0.29) is 17.3 Å². The van der Waals surface area contributed by atoms with Crippen LogP contribution < -0.4 is 10.6 Å². The Balaban J connectivity index is 1.69. The number of rotatable bonds is 5. The first-order chi connectivity index (χ1) is 13.7. The molecule has 3 aromatic rings. The quantitative estimate of drug-likeness (QED) is 0.661. The largest absolute Gasteiger partial charge is 0.324 e. The van der Waals surface area contributed by atoms with Gasteiger partial charge < -0.3 is 10.6 Å². The zero-order chi connectivity index (χ0) is 21.1. The van der Waals surface area contributed by atoms with Gasteiger partial charge in [-0.25, -0.2) is 9.07 Å². The molecule has 2 aromatic carbocycles. The average Bonchev–Trinajstić information content (AvgIpc) is 3.02. The molecular formula is C20H19ClFN5O2. The second-order valence-corrected chi connectivity index (χ2v) is 7.04. The third-order valence-electron chi connectivity index (χ3n) is 4.34. The summed E-state index contributed by atoms with van der Waals surface area (Å²) in [6.45, 7) is 5.32. The lowest BCUT2D eigenvalue weighted by Crippen LogP contribution is -2.21. The molecule has 1 aromatic heterocycles. The number of hydrogen-bond donors (Lipinski definition) is 2. The molecule has 2 amide bonds. The van der Waals surface area contributed by atoms with Gasteiger partial charge in [0.05, 0.1) is 10.7 Å². The first-order valence-electron chi connectivity index (χ1n) is 8.78. The SMILES string of the molecule is Cc1ccc(C)c(NC(=O)c2nnn(CC(=O)Nc3ccc(F)c(Cl)c3)c2C)c1. The Morgan fingerprint density at radius 3 is 2.59 bits per heavy atom. The first-order valence-corrected chi connectivity index (χ1v) is 9.16. The molecular weight excluding hydrogens is 397 g/mol. The molecule has 0 atom stereocenters. The Morgan fingerprint density at radius 2 is 1.86 bits per heavy atom. The first kappa shape index (κ1) is 20.5. The van der Waals surface area contributed by atoms with Crippen molar-refractivity contribution in [1.82, 2.24) is 15.0 Å². The molecule has 1 heterocycles. The number of aromatic nitrogens is 3. The van der Waals surface area contributed by atoms with Gasteiger partial charge in [-0.1, -0.05) is 28.9 Å². The fraction of sp³-hybridized carbons (Fsp3) is 0.200. The fourth-order valence-electron chi connectivity index (χ4n) is 2.68. The lowest BCUT2D eigenvalue weighted by atomic mass is 10.1. The van der Waals surface area contributed by atoms with Crippen LogP contribution in [0.25, 0.3) is 0 Å². The van der Waals surface area contributed by atoms with Crippen molar-refractivity contribution in [2.75, 3.05) is 10.6 Å². The summed E-state index contributed by atoms with van der Waals surface area (Å²) in [5, 5.41) is 13.1. The number of hydrogen-bond acceptors (Lipinski definition) is 4. The van der Waals surface area contributed by atoms with Gasteiger partial charge in [-0.05, 0) is 56.2 Å². The topological polar surface area (TPSA) is 88.9 Å². The summed E-state index contributed by atoms with van der Waals surface area (Å²) in [6, 6.07) is 9.62. The smallest absolute Gasteiger partial charge is 0.278 e. The number of amides is 2. The molecule has 0 bridgehead atoms. The molecule has 0 aliphatic heterocycles. The van der Waals surface area contributed by atoms with Crippen LogP contribution in [0.5, 0.6) is 0 Å². The van der Waals surface area contributed by atoms with E-state index in [1.807, 2.05) is 32.0 Å². The lowest BCUT2D eigenvalue weighted by molar-refractivity contribution is -0.117. The molecule has 0 unspecified atom stereocenters. The second kappa shape index (κ2) is 8.40. The molecule has 0 aliphatic carbocycles. The van der Waals surface area contributed by atoms with E-state index in [0.29, 0.717) is 17.1 Å². The van der Waals surface area contributed by atoms with Gasteiger partial charge >= 0.3 is 0 Å². The Morgan fingerprint density at radius 1 is 1.10 bits per heavy atom. The van der Waals surface area contributed by atoms with Crippen LogP contribution in [0.1, 0.15) is 27.3 Å². The Labute approximate surface area is 171 Å². The minimum absolute atomic E-state index is 0.0925. The maximum Gasteiger partial charge on any atom is 0.278 e. The monoisotopic (exact) mass is 415 g/mol. The average molecular weight is 416 g/mol. The van der Waals surface area contributed by atoms with Crippen LogP contribution in [0.15, 0.2) is 36.4 Å². The Hall–Kier alpha value is -3.26. The molecule has 0 fully saturated rings. The molecule has 7 nitrogen and oxygen atoms in total. The van der Waals surface area contributed by atoms with Crippen LogP contribution in [0, 0.1) is 26.6 Å². The normalized spacial score (nSPS) is 10.7. The van der Waals surface area contributed by atoms with Gasteiger partial charge in [-0.15, -0.1) is 5.10 Å². The van der Waals surface area contributed by atoms with Gasteiger partial charge in [0, 0.05) is 11.4 Å². The van der Waals surface area contributed by atoms with Gasteiger partial charge in [0.2, 0.25) is 5.91 Å². The number of carbonyl (C=O) groups is 2. The van der Waals surface area contributed by atoms with E-state index in [1.165, 1.54) is 16.8 Å². The van der Waals surface area contributed by atoms with E-state index in [9.17, 15) is 14.0 Å². The van der Waals surface area contributed by atoms with Crippen LogP contribution in [0.2, 0.25) is 5.02 Å². The van der Waals surface area contributed by atoms with E-state index < -0.39 is 17.6 Å². The summed E-state index contributed by atoms with van der Waals surface area (Å²) in [4.78, 5) is 24.8. The van der Waals surface area contributed by atoms with Crippen molar-refractivity contribution in [1.29, 1.82) is 0 Å². The number of benzene rings is 2. The van der Waals surface area contributed by atoms with Crippen LogP contribution in [-0.2, 0) is 11.3 Å². The van der Waals surface area contributed by atoms with Gasteiger partial charge in [0.15, 0.2) is 5.69 Å². The number of anilines is 2. The van der Waals surface area contributed by atoms with Crippen molar-refractivity contribution in [3.63, 3.8) is 0 Å². The highest BCUT2D eigenvalue weighted by atomic mass is 35.5. The number of nitrogens with zero attached hydrogens (tertiary/aromatic N) is 3. The summed E-state index contributed by atoms with van der Waals surface area (Å²) in [5.41, 5.74) is 3.56. The maximum absolute atomic E-state index is 13.2. The van der Waals surface area contributed by atoms with Crippen LogP contribution in [-0.4, -0.2) is 26.8 Å². The highest BCUT2D eigenvalue weighted by molar-refractivity contribution is 6.31. The predicted molar refractivity (Wildman–Crippen MR) is 109 cm³/mol. The zero-order valence-corrected chi connectivity index (χ0v) is 16.8. The van der Waals surface area contributed by atoms with Crippen molar-refractivity contribution in [2.24, 2.45) is 0 Å². The fourth-order valence-corrected chi connectivity index (χ4v) is 2.86. The van der Waals surface area contributed by atoms with Gasteiger partial charge in [0.25, 0.3) is 5.91 Å². The molecule has 150 valence electrons. The van der Waals surface area contributed by atoms with Crippen molar-refractivity contribution in [3.8, 4) is 0 Å². The van der Waals surface area contributed by atoms with E-state index in [0.717, 1.165) is 17.2 Å². The van der Waals surface area contributed by atoms with Crippen LogP contribution in [0.3, 0.4) is 0 Å². The number of halogens is 2. The van der Waals surface area contributed by atoms with Crippen molar-refractivity contribution < 1.29 is 14.0 Å². The third kappa shape index (κ3) is 4.78. The summed E-state index contributed by atoms with van der Waals surface area (Å²) in [7, 11) is 0. The van der Waals surface area contributed by atoms with Crippen LogP contribution in [0.4, 0.5) is 15.8 Å². The minimum atomic E-state index is -0.573. The number of carbonyl (C=O) groups excluding carboxylic acids is 2.